The van der Waals surface area contributed by atoms with Crippen molar-refractivity contribution in [3.05, 3.63) is 29.3 Å². The highest BCUT2D eigenvalue weighted by atomic mass is 32.1. The van der Waals surface area contributed by atoms with Crippen molar-refractivity contribution in [1.29, 1.82) is 0 Å². The smallest absolute Gasteiger partial charge is 0.389 e. The first-order valence-electron chi connectivity index (χ1n) is 6.06. The lowest BCUT2D eigenvalue weighted by molar-refractivity contribution is -0.137. The number of nitrogens with two attached hydrogens (primary N) is 1. The predicted molar refractivity (Wildman–Crippen MR) is 78.5 cm³/mol. The zero-order valence-corrected chi connectivity index (χ0v) is 12.5. The molecular weight excluding hydrogens is 305 g/mol. The molecule has 0 radical (unpaired) electrons. The van der Waals surface area contributed by atoms with Crippen LogP contribution in [0.25, 0.3) is 0 Å². The molecule has 3 N–H and O–H groups in total. The van der Waals surface area contributed by atoms with E-state index in [-0.39, 0.29) is 16.7 Å². The number of alkyl halides is 3. The molecule has 0 saturated heterocycles. The monoisotopic (exact) mass is 322 g/mol. The van der Waals surface area contributed by atoms with Crippen LogP contribution in [0.3, 0.4) is 0 Å². The summed E-state index contributed by atoms with van der Waals surface area (Å²) in [6.45, 7) is 0.647. The maximum absolute atomic E-state index is 13.0. The number of benzene rings is 1. The molecule has 4 nitrogen and oxygen atoms in total. The summed E-state index contributed by atoms with van der Waals surface area (Å²) >= 11 is 4.64. The Kier molecular flexibility index (Phi) is 6.38. The molecule has 0 saturated carbocycles. The molecule has 0 aromatic heterocycles. The van der Waals surface area contributed by atoms with Gasteiger partial charge >= 0.3 is 6.18 Å². The van der Waals surface area contributed by atoms with Crippen molar-refractivity contribution in [2.75, 3.05) is 32.7 Å². The van der Waals surface area contributed by atoms with Crippen LogP contribution in [0, 0.1) is 0 Å². The van der Waals surface area contributed by atoms with E-state index in [4.69, 9.17) is 15.2 Å². The Bertz CT molecular complexity index is 495. The third-order valence-electron chi connectivity index (χ3n) is 2.81. The van der Waals surface area contributed by atoms with Crippen molar-refractivity contribution in [2.24, 2.45) is 5.73 Å². The summed E-state index contributed by atoms with van der Waals surface area (Å²) in [6.07, 6.45) is -4.79. The van der Waals surface area contributed by atoms with Gasteiger partial charge in [0.1, 0.15) is 4.99 Å². The second kappa shape index (κ2) is 7.58. The van der Waals surface area contributed by atoms with E-state index in [9.17, 15) is 13.2 Å². The lowest BCUT2D eigenvalue weighted by Crippen LogP contribution is -2.27. The average Bonchev–Trinajstić information content (AvgIpc) is 2.42. The molecule has 8 heteroatoms. The van der Waals surface area contributed by atoms with E-state index in [1.165, 1.54) is 26.4 Å². The van der Waals surface area contributed by atoms with E-state index in [0.29, 0.717) is 18.8 Å². The van der Waals surface area contributed by atoms with Crippen LogP contribution >= 0.6 is 12.2 Å². The van der Waals surface area contributed by atoms with Gasteiger partial charge in [0, 0.05) is 32.0 Å². The van der Waals surface area contributed by atoms with Crippen LogP contribution in [0.2, 0.25) is 0 Å². The quantitative estimate of drug-likeness (QED) is 0.755. The van der Waals surface area contributed by atoms with Gasteiger partial charge in [-0.25, -0.2) is 0 Å². The molecule has 1 aromatic carbocycles. The first-order valence-corrected chi connectivity index (χ1v) is 6.47. The molecule has 0 aliphatic rings. The molecule has 0 fully saturated rings. The molecule has 1 atom stereocenters. The van der Waals surface area contributed by atoms with Crippen molar-refractivity contribution in [2.45, 2.75) is 12.3 Å². The van der Waals surface area contributed by atoms with Gasteiger partial charge in [-0.05, 0) is 18.2 Å². The van der Waals surface area contributed by atoms with Gasteiger partial charge in [0.2, 0.25) is 0 Å². The van der Waals surface area contributed by atoms with Gasteiger partial charge in [-0.3, -0.25) is 0 Å². The van der Waals surface area contributed by atoms with Crippen molar-refractivity contribution >= 4 is 22.9 Å². The number of halogens is 3. The number of methoxy groups -OCH3 is 2. The summed E-state index contributed by atoms with van der Waals surface area (Å²) < 4.78 is 49.0. The fourth-order valence-corrected chi connectivity index (χ4v) is 1.91. The normalized spacial score (nSPS) is 13.0. The Morgan fingerprint density at radius 1 is 1.38 bits per heavy atom. The van der Waals surface area contributed by atoms with Gasteiger partial charge in [0.15, 0.2) is 0 Å². The lowest BCUT2D eigenvalue weighted by Gasteiger charge is -2.18. The minimum Gasteiger partial charge on any atom is -0.389 e. The highest BCUT2D eigenvalue weighted by Crippen LogP contribution is 2.33. The molecule has 1 rings (SSSR count). The van der Waals surface area contributed by atoms with E-state index >= 15 is 0 Å². The molecule has 0 aliphatic heterocycles. The molecule has 1 unspecified atom stereocenters. The number of ether oxygens (including phenoxy) is 2. The van der Waals surface area contributed by atoms with Crippen LogP contribution in [0.1, 0.15) is 11.1 Å². The van der Waals surface area contributed by atoms with Gasteiger partial charge in [-0.15, -0.1) is 0 Å². The number of rotatable bonds is 7. The van der Waals surface area contributed by atoms with E-state index in [0.717, 1.165) is 6.07 Å². The average molecular weight is 322 g/mol. The number of hydrogen-bond acceptors (Lipinski definition) is 4. The van der Waals surface area contributed by atoms with Crippen molar-refractivity contribution in [3.8, 4) is 0 Å². The van der Waals surface area contributed by atoms with Crippen LogP contribution in [0.4, 0.5) is 18.9 Å². The number of anilines is 1. The second-order valence-corrected chi connectivity index (χ2v) is 4.76. The highest BCUT2D eigenvalue weighted by Gasteiger charge is 2.34. The molecule has 1 aromatic rings. The molecule has 0 heterocycles. The van der Waals surface area contributed by atoms with Gasteiger partial charge < -0.3 is 20.5 Å². The SMILES string of the molecule is COCC(CNc1ccc(C(N)=S)c(C(F)(F)F)c1)OC. The molecule has 0 amide bonds. The topological polar surface area (TPSA) is 56.5 Å². The van der Waals surface area contributed by atoms with Crippen LogP contribution in [0.5, 0.6) is 0 Å². The predicted octanol–water partition coefficient (Wildman–Crippen LogP) is 2.41. The molecule has 21 heavy (non-hydrogen) atoms. The lowest BCUT2D eigenvalue weighted by atomic mass is 10.1. The summed E-state index contributed by atoms with van der Waals surface area (Å²) in [4.78, 5) is -0.289. The molecule has 0 aliphatic carbocycles. The third-order valence-corrected chi connectivity index (χ3v) is 3.03. The number of nitrogens with one attached hydrogen (secondary N) is 1. The van der Waals surface area contributed by atoms with E-state index < -0.39 is 11.7 Å². The van der Waals surface area contributed by atoms with E-state index in [2.05, 4.69) is 17.5 Å². The Morgan fingerprint density at radius 3 is 2.52 bits per heavy atom. The first-order chi connectivity index (χ1) is 9.79. The molecule has 0 spiro atoms. The van der Waals surface area contributed by atoms with Crippen molar-refractivity contribution < 1.29 is 22.6 Å². The van der Waals surface area contributed by atoms with Crippen molar-refractivity contribution in [3.63, 3.8) is 0 Å². The van der Waals surface area contributed by atoms with Crippen LogP contribution in [-0.4, -0.2) is 38.5 Å². The fourth-order valence-electron chi connectivity index (χ4n) is 1.73. The van der Waals surface area contributed by atoms with Crippen LogP contribution < -0.4 is 11.1 Å². The molecule has 0 bridgehead atoms. The second-order valence-electron chi connectivity index (χ2n) is 4.32. The molecule has 118 valence electrons. The minimum absolute atomic E-state index is 0.191. The largest absolute Gasteiger partial charge is 0.417 e. The van der Waals surface area contributed by atoms with Gasteiger partial charge in [0.25, 0.3) is 0 Å². The maximum atomic E-state index is 13.0. The summed E-state index contributed by atoms with van der Waals surface area (Å²) in [5, 5.41) is 2.87. The van der Waals surface area contributed by atoms with Gasteiger partial charge in [0.05, 0.1) is 18.3 Å². The fraction of sp³-hybridized carbons (Fsp3) is 0.462. The van der Waals surface area contributed by atoms with E-state index in [1.807, 2.05) is 0 Å². The zero-order chi connectivity index (χ0) is 16.0. The Balaban J connectivity index is 2.93. The Hall–Kier alpha value is -1.38. The third kappa shape index (κ3) is 5.14. The Labute approximate surface area is 126 Å². The first kappa shape index (κ1) is 17.7. The van der Waals surface area contributed by atoms with E-state index in [1.54, 1.807) is 0 Å². The zero-order valence-electron chi connectivity index (χ0n) is 11.7. The highest BCUT2D eigenvalue weighted by molar-refractivity contribution is 7.80. The minimum atomic E-state index is -4.52. The van der Waals surface area contributed by atoms with Gasteiger partial charge in [-0.1, -0.05) is 12.2 Å². The Morgan fingerprint density at radius 2 is 2.05 bits per heavy atom. The van der Waals surface area contributed by atoms with Crippen LogP contribution in [-0.2, 0) is 15.7 Å². The maximum Gasteiger partial charge on any atom is 0.417 e. The standard InChI is InChI=1S/C13H17F3N2O2S/c1-19-7-9(20-2)6-18-8-3-4-10(12(17)21)11(5-8)13(14,15)16/h3-5,9,18H,6-7H2,1-2H3,(H2,17,21). The molecular formula is C13H17F3N2O2S. The van der Waals surface area contributed by atoms with Crippen LogP contribution in [0.15, 0.2) is 18.2 Å². The number of thiocarbonyl (C=S) groups is 1. The summed E-state index contributed by atoms with van der Waals surface area (Å²) in [5.41, 5.74) is 4.57. The number of hydrogen-bond donors (Lipinski definition) is 2. The van der Waals surface area contributed by atoms with Crippen molar-refractivity contribution in [1.82, 2.24) is 0 Å². The summed E-state index contributed by atoms with van der Waals surface area (Å²) in [5.74, 6) is 0. The van der Waals surface area contributed by atoms with Gasteiger partial charge in [-0.2, -0.15) is 13.2 Å². The summed E-state index contributed by atoms with van der Waals surface area (Å²) in [7, 11) is 3.02. The summed E-state index contributed by atoms with van der Waals surface area (Å²) in [6, 6.07) is 3.73.